The summed E-state index contributed by atoms with van der Waals surface area (Å²) in [4.78, 5) is 18.3. The first-order valence-corrected chi connectivity index (χ1v) is 21.5. The molecule has 1 unspecified atom stereocenters. The fourth-order valence-corrected chi connectivity index (χ4v) is 16.7. The van der Waals surface area contributed by atoms with Crippen LogP contribution in [0.5, 0.6) is 0 Å². The second-order valence-corrected chi connectivity index (χ2v) is 21.3. The van der Waals surface area contributed by atoms with Gasteiger partial charge < -0.3 is 20.4 Å². The predicted octanol–water partition coefficient (Wildman–Crippen LogP) is 7.55. The number of hydrogen-bond donors (Lipinski definition) is 4. The highest BCUT2D eigenvalue weighted by atomic mass is 32.1. The van der Waals surface area contributed by atoms with Gasteiger partial charge in [-0.3, -0.25) is 9.69 Å². The SMILES string of the molecule is C[C@]12CC[C@H]3[C@]4(C=C[C@@]5(C=C4C(=O)c4cc6ccccc6s4)CC(O)CC[C@]35C)[C@@H]1CC[C@@]2(O)CN(C[C@H](O)CO)CC12CC3CC(CC(C3)C1)C2. The van der Waals surface area contributed by atoms with Crippen LogP contribution in [0.25, 0.3) is 10.1 Å². The van der Waals surface area contributed by atoms with Crippen molar-refractivity contribution in [3.05, 3.63) is 59.0 Å². The minimum absolute atomic E-state index is 0.0667. The van der Waals surface area contributed by atoms with Gasteiger partial charge in [0.2, 0.25) is 0 Å². The average molecular weight is 726 g/mol. The van der Waals surface area contributed by atoms with E-state index in [0.717, 1.165) is 76.9 Å². The number of rotatable bonds is 9. The van der Waals surface area contributed by atoms with Crippen LogP contribution >= 0.6 is 11.3 Å². The number of thiophene rings is 1. The van der Waals surface area contributed by atoms with E-state index in [1.165, 1.54) is 38.5 Å². The fraction of sp³-hybridized carbons (Fsp3) is 0.711. The number of allylic oxidation sites excluding steroid dienone is 4. The van der Waals surface area contributed by atoms with E-state index in [2.05, 4.69) is 55.2 Å². The maximum atomic E-state index is 15.1. The Balaban J connectivity index is 1.03. The van der Waals surface area contributed by atoms with Crippen LogP contribution in [0.4, 0.5) is 0 Å². The number of carbonyl (C=O) groups is 1. The van der Waals surface area contributed by atoms with E-state index in [4.69, 9.17) is 0 Å². The molecule has 2 spiro atoms. The summed E-state index contributed by atoms with van der Waals surface area (Å²) in [5, 5.41) is 46.4. The number of carbonyl (C=O) groups excluding carboxylic acids is 1. The monoisotopic (exact) mass is 725 g/mol. The van der Waals surface area contributed by atoms with Crippen LogP contribution in [0.1, 0.15) is 107 Å². The van der Waals surface area contributed by atoms with Crippen molar-refractivity contribution in [3.8, 4) is 0 Å². The van der Waals surface area contributed by atoms with E-state index >= 15 is 4.79 Å². The minimum Gasteiger partial charge on any atom is -0.394 e. The molecule has 7 fully saturated rings. The molecule has 7 heteroatoms. The smallest absolute Gasteiger partial charge is 0.199 e. The molecule has 280 valence electrons. The van der Waals surface area contributed by atoms with Crippen LogP contribution in [0.2, 0.25) is 0 Å². The van der Waals surface area contributed by atoms with Gasteiger partial charge >= 0.3 is 0 Å². The number of fused-ring (bicyclic) bond motifs is 2. The van der Waals surface area contributed by atoms with Crippen molar-refractivity contribution in [1.82, 2.24) is 4.90 Å². The summed E-state index contributed by atoms with van der Waals surface area (Å²) in [7, 11) is 0. The zero-order chi connectivity index (χ0) is 35.9. The zero-order valence-corrected chi connectivity index (χ0v) is 32.1. The second-order valence-electron chi connectivity index (χ2n) is 20.2. The second kappa shape index (κ2) is 11.6. The minimum atomic E-state index is -0.982. The first-order valence-electron chi connectivity index (χ1n) is 20.7. The van der Waals surface area contributed by atoms with E-state index in [9.17, 15) is 20.4 Å². The summed E-state index contributed by atoms with van der Waals surface area (Å²) in [5.74, 6) is 2.95. The van der Waals surface area contributed by atoms with E-state index in [1.807, 2.05) is 12.1 Å². The lowest BCUT2D eigenvalue weighted by atomic mass is 9.32. The molecule has 6 nitrogen and oxygen atoms in total. The maximum absolute atomic E-state index is 15.1. The molecule has 1 aromatic carbocycles. The first kappa shape index (κ1) is 34.6. The highest BCUT2D eigenvalue weighted by molar-refractivity contribution is 7.21. The lowest BCUT2D eigenvalue weighted by Gasteiger charge is -2.71. The molecule has 6 bridgehead atoms. The van der Waals surface area contributed by atoms with Gasteiger partial charge in [0, 0.05) is 46.2 Å². The highest BCUT2D eigenvalue weighted by Crippen LogP contribution is 2.78. The molecular weight excluding hydrogens is 667 g/mol. The Morgan fingerprint density at radius 1 is 0.904 bits per heavy atom. The van der Waals surface area contributed by atoms with Crippen LogP contribution in [-0.4, -0.2) is 75.2 Å². The van der Waals surface area contributed by atoms with Crippen LogP contribution in [-0.2, 0) is 0 Å². The Hall–Kier alpha value is -1.87. The van der Waals surface area contributed by atoms with Crippen molar-refractivity contribution >= 4 is 27.2 Å². The number of aliphatic hydroxyl groups excluding tert-OH is 3. The Morgan fingerprint density at radius 2 is 1.58 bits per heavy atom. The van der Waals surface area contributed by atoms with Gasteiger partial charge in [-0.15, -0.1) is 11.3 Å². The van der Waals surface area contributed by atoms with Gasteiger partial charge in [-0.1, -0.05) is 50.3 Å². The Morgan fingerprint density at radius 3 is 2.29 bits per heavy atom. The molecular formula is C45H59NO5S. The standard InChI is InChI=1S/C45H59NO5S/c1-40-10-7-32(48)22-43(40)13-14-45(34(23-43)39(50)36-18-31-5-3-4-6-35(31)52-36)37(40)8-11-41(2)38(45)9-12-44(41,51)27-46(24-33(49)25-47)26-42-19-28-15-29(20-42)17-30(16-28)21-42/h3-6,13-14,18,23,28-30,32-33,37-38,47-49,51H,7-12,15-17,19-22,24-27H2,1-2H3/t28?,29?,30?,32?,33-,37+,38+,40+,41-,42?,43-,44+,45+/m0/s1. The number of aliphatic hydroxyl groups is 4. The number of benzene rings is 1. The van der Waals surface area contributed by atoms with Crippen molar-refractivity contribution in [2.75, 3.05) is 26.2 Å². The molecule has 7 saturated carbocycles. The zero-order valence-electron chi connectivity index (χ0n) is 31.2. The van der Waals surface area contributed by atoms with Crippen molar-refractivity contribution in [1.29, 1.82) is 0 Å². The number of nitrogens with zero attached hydrogens (tertiary/aromatic N) is 1. The number of Topliss-reactive ketones (excluding diaryl/α,β-unsaturated/α-hetero) is 1. The molecule has 0 aliphatic heterocycles. The molecule has 10 aliphatic rings. The van der Waals surface area contributed by atoms with E-state index < -0.39 is 22.5 Å². The highest BCUT2D eigenvalue weighted by Gasteiger charge is 2.74. The first-order chi connectivity index (χ1) is 24.8. The van der Waals surface area contributed by atoms with E-state index in [1.54, 1.807) is 11.3 Å². The van der Waals surface area contributed by atoms with Crippen molar-refractivity contribution in [2.45, 2.75) is 115 Å². The molecule has 1 aromatic heterocycles. The molecule has 0 amide bonds. The molecule has 12 rings (SSSR count). The maximum Gasteiger partial charge on any atom is 0.199 e. The molecule has 9 atom stereocenters. The third-order valence-corrected chi connectivity index (χ3v) is 18.6. The Labute approximate surface area is 313 Å². The van der Waals surface area contributed by atoms with Gasteiger partial charge in [0.05, 0.1) is 29.3 Å². The van der Waals surface area contributed by atoms with Crippen LogP contribution < -0.4 is 0 Å². The molecule has 2 aromatic rings. The van der Waals surface area contributed by atoms with Gasteiger partial charge in [-0.05, 0) is 141 Å². The van der Waals surface area contributed by atoms with Gasteiger partial charge in [0.25, 0.3) is 0 Å². The van der Waals surface area contributed by atoms with Crippen LogP contribution in [0.3, 0.4) is 0 Å². The molecule has 52 heavy (non-hydrogen) atoms. The summed E-state index contributed by atoms with van der Waals surface area (Å²) in [6, 6.07) is 10.3. The third kappa shape index (κ3) is 4.68. The summed E-state index contributed by atoms with van der Waals surface area (Å²) >= 11 is 1.59. The van der Waals surface area contributed by atoms with Crippen LogP contribution in [0.15, 0.2) is 54.1 Å². The Bertz CT molecular complexity index is 1780. The average Bonchev–Trinajstić information content (AvgIpc) is 3.65. The van der Waals surface area contributed by atoms with E-state index in [0.29, 0.717) is 25.9 Å². The fourth-order valence-electron chi connectivity index (χ4n) is 15.7. The third-order valence-electron chi connectivity index (χ3n) is 17.5. The topological polar surface area (TPSA) is 101 Å². The lowest BCUT2D eigenvalue weighted by molar-refractivity contribution is -0.179. The normalized spacial score (nSPS) is 47.4. The number of ketones is 1. The van der Waals surface area contributed by atoms with Crippen molar-refractivity contribution < 1.29 is 25.2 Å². The molecule has 0 radical (unpaired) electrons. The van der Waals surface area contributed by atoms with Gasteiger partial charge in [-0.2, -0.15) is 0 Å². The molecule has 1 heterocycles. The summed E-state index contributed by atoms with van der Waals surface area (Å²) in [6.07, 6.45) is 19.7. The largest absolute Gasteiger partial charge is 0.394 e. The van der Waals surface area contributed by atoms with Gasteiger partial charge in [-0.25, -0.2) is 0 Å². The Kier molecular flexibility index (Phi) is 7.71. The van der Waals surface area contributed by atoms with Gasteiger partial charge in [0.15, 0.2) is 5.78 Å². The van der Waals surface area contributed by atoms with Crippen LogP contribution in [0, 0.1) is 56.7 Å². The van der Waals surface area contributed by atoms with Gasteiger partial charge in [0.1, 0.15) is 0 Å². The summed E-state index contributed by atoms with van der Waals surface area (Å²) < 4.78 is 1.13. The van der Waals surface area contributed by atoms with Crippen molar-refractivity contribution in [2.24, 2.45) is 56.7 Å². The van der Waals surface area contributed by atoms with E-state index in [-0.39, 0.29) is 46.6 Å². The lowest BCUT2D eigenvalue weighted by Crippen LogP contribution is -2.67. The summed E-state index contributed by atoms with van der Waals surface area (Å²) in [6.45, 7) is 6.29. The molecule has 10 aliphatic carbocycles. The predicted molar refractivity (Wildman–Crippen MR) is 205 cm³/mol. The number of hydrogen-bond acceptors (Lipinski definition) is 7. The molecule has 4 N–H and O–H groups in total. The van der Waals surface area contributed by atoms with Crippen molar-refractivity contribution in [3.63, 3.8) is 0 Å². The summed E-state index contributed by atoms with van der Waals surface area (Å²) in [5.41, 5.74) is -1.15. The quantitative estimate of drug-likeness (QED) is 0.158. The molecule has 0 saturated heterocycles.